The minimum atomic E-state index is -0.530. The van der Waals surface area contributed by atoms with E-state index in [1.54, 1.807) is 19.1 Å². The molecule has 2 heterocycles. The van der Waals surface area contributed by atoms with E-state index >= 15 is 0 Å². The van der Waals surface area contributed by atoms with Gasteiger partial charge < -0.3 is 14.3 Å². The molecule has 3 aromatic rings. The zero-order valence-electron chi connectivity index (χ0n) is 14.3. The number of halogens is 1. The smallest absolute Gasteiger partial charge is 0.251 e. The Balaban J connectivity index is 1.79. The van der Waals surface area contributed by atoms with Crippen LogP contribution in [0.5, 0.6) is 0 Å². The molecule has 0 atom stereocenters. The molecular formula is C18H17FN4O3. The Bertz CT molecular complexity index is 1010. The molecule has 0 spiro atoms. The summed E-state index contributed by atoms with van der Waals surface area (Å²) in [5.41, 5.74) is 0.958. The summed E-state index contributed by atoms with van der Waals surface area (Å²) in [6.07, 6.45) is 2.05. The Morgan fingerprint density at radius 3 is 2.77 bits per heavy atom. The van der Waals surface area contributed by atoms with Crippen LogP contribution < -0.4 is 10.9 Å². The summed E-state index contributed by atoms with van der Waals surface area (Å²) >= 11 is 0. The molecule has 3 rings (SSSR count). The molecule has 1 N–H and O–H groups in total. The van der Waals surface area contributed by atoms with Gasteiger partial charge in [-0.15, -0.1) is 10.2 Å². The maximum atomic E-state index is 13.8. The van der Waals surface area contributed by atoms with Crippen molar-refractivity contribution in [2.45, 2.75) is 26.8 Å². The molecule has 1 amide bonds. The van der Waals surface area contributed by atoms with E-state index in [2.05, 4.69) is 15.5 Å². The lowest BCUT2D eigenvalue weighted by molar-refractivity contribution is -0.116. The van der Waals surface area contributed by atoms with Crippen molar-refractivity contribution in [1.82, 2.24) is 14.8 Å². The SMILES string of the molecule is CCc1nnc(-c2ccc(=O)n(CC(=O)Nc3ccc(C)cc3F)c2)o1. The van der Waals surface area contributed by atoms with Crippen molar-refractivity contribution in [3.8, 4) is 11.5 Å². The number of hydrogen-bond acceptors (Lipinski definition) is 5. The minimum Gasteiger partial charge on any atom is -0.421 e. The van der Waals surface area contributed by atoms with Crippen molar-refractivity contribution in [2.24, 2.45) is 0 Å². The van der Waals surface area contributed by atoms with Crippen LogP contribution in [0.3, 0.4) is 0 Å². The van der Waals surface area contributed by atoms with Crippen molar-refractivity contribution in [2.75, 3.05) is 5.32 Å². The number of aryl methyl sites for hydroxylation is 2. The van der Waals surface area contributed by atoms with Gasteiger partial charge in [0.1, 0.15) is 12.4 Å². The van der Waals surface area contributed by atoms with Gasteiger partial charge in [-0.1, -0.05) is 13.0 Å². The van der Waals surface area contributed by atoms with Gasteiger partial charge in [-0.3, -0.25) is 9.59 Å². The van der Waals surface area contributed by atoms with Gasteiger partial charge in [0.05, 0.1) is 11.3 Å². The molecule has 0 unspecified atom stereocenters. The van der Waals surface area contributed by atoms with Crippen molar-refractivity contribution in [1.29, 1.82) is 0 Å². The molecule has 0 radical (unpaired) electrons. The fourth-order valence-corrected chi connectivity index (χ4v) is 2.36. The lowest BCUT2D eigenvalue weighted by atomic mass is 10.2. The first-order valence-electron chi connectivity index (χ1n) is 8.05. The predicted octanol–water partition coefficient (Wildman–Crippen LogP) is 2.55. The number of benzene rings is 1. The van der Waals surface area contributed by atoms with Crippen molar-refractivity contribution >= 4 is 11.6 Å². The highest BCUT2D eigenvalue weighted by Crippen LogP contribution is 2.17. The second-order valence-electron chi connectivity index (χ2n) is 5.77. The molecule has 2 aromatic heterocycles. The molecule has 0 aliphatic heterocycles. The number of hydrogen-bond donors (Lipinski definition) is 1. The Morgan fingerprint density at radius 1 is 1.27 bits per heavy atom. The summed E-state index contributed by atoms with van der Waals surface area (Å²) in [4.78, 5) is 24.2. The molecule has 0 bridgehead atoms. The molecule has 0 saturated heterocycles. The Morgan fingerprint density at radius 2 is 2.08 bits per heavy atom. The fraction of sp³-hybridized carbons (Fsp3) is 0.222. The number of aromatic nitrogens is 3. The van der Waals surface area contributed by atoms with Crippen molar-refractivity contribution in [3.63, 3.8) is 0 Å². The maximum Gasteiger partial charge on any atom is 0.251 e. The van der Waals surface area contributed by atoms with Crippen LogP contribution in [0.25, 0.3) is 11.5 Å². The van der Waals surface area contributed by atoms with Gasteiger partial charge in [-0.2, -0.15) is 0 Å². The van der Waals surface area contributed by atoms with Crippen molar-refractivity contribution < 1.29 is 13.6 Å². The summed E-state index contributed by atoms with van der Waals surface area (Å²) in [5.74, 6) is -0.310. The van der Waals surface area contributed by atoms with Gasteiger partial charge in [-0.05, 0) is 30.7 Å². The molecule has 0 fully saturated rings. The second kappa shape index (κ2) is 7.30. The van der Waals surface area contributed by atoms with E-state index < -0.39 is 11.7 Å². The van der Waals surface area contributed by atoms with Gasteiger partial charge in [0, 0.05) is 18.7 Å². The predicted molar refractivity (Wildman–Crippen MR) is 93.1 cm³/mol. The maximum absolute atomic E-state index is 13.8. The van der Waals surface area contributed by atoms with Crippen LogP contribution in [-0.2, 0) is 17.8 Å². The number of pyridine rings is 1. The summed E-state index contributed by atoms with van der Waals surface area (Å²) in [6, 6.07) is 7.34. The van der Waals surface area contributed by atoms with E-state index in [1.807, 2.05) is 6.92 Å². The van der Waals surface area contributed by atoms with Gasteiger partial charge in [0.2, 0.25) is 17.7 Å². The van der Waals surface area contributed by atoms with Crippen LogP contribution in [-0.4, -0.2) is 20.7 Å². The topological polar surface area (TPSA) is 90.0 Å². The standard InChI is InChI=1S/C18H17FN4O3/c1-3-16-21-22-18(26-16)12-5-7-17(25)23(9-12)10-15(24)20-14-6-4-11(2)8-13(14)19/h4-9H,3,10H2,1-2H3,(H,20,24). The zero-order chi connectivity index (χ0) is 18.7. The highest BCUT2D eigenvalue weighted by molar-refractivity contribution is 5.90. The van der Waals surface area contributed by atoms with E-state index in [0.717, 1.165) is 5.56 Å². The molecule has 0 saturated carbocycles. The van der Waals surface area contributed by atoms with Crippen LogP contribution in [0.1, 0.15) is 18.4 Å². The fourth-order valence-electron chi connectivity index (χ4n) is 2.36. The number of amides is 1. The number of nitrogens with zero attached hydrogens (tertiary/aromatic N) is 3. The number of nitrogens with one attached hydrogen (secondary N) is 1. The summed E-state index contributed by atoms with van der Waals surface area (Å²) in [7, 11) is 0. The third kappa shape index (κ3) is 3.85. The molecule has 7 nitrogen and oxygen atoms in total. The summed E-state index contributed by atoms with van der Waals surface area (Å²) in [5, 5.41) is 10.2. The molecule has 1 aromatic carbocycles. The Hall–Kier alpha value is -3.29. The van der Waals surface area contributed by atoms with E-state index in [1.165, 1.54) is 29.0 Å². The van der Waals surface area contributed by atoms with Gasteiger partial charge in [0.25, 0.3) is 5.56 Å². The van der Waals surface area contributed by atoms with Crippen LogP contribution in [0.2, 0.25) is 0 Å². The van der Waals surface area contributed by atoms with Crippen LogP contribution in [0.4, 0.5) is 10.1 Å². The number of carbonyl (C=O) groups is 1. The zero-order valence-corrected chi connectivity index (χ0v) is 14.3. The third-order valence-electron chi connectivity index (χ3n) is 3.71. The highest BCUT2D eigenvalue weighted by atomic mass is 19.1. The summed E-state index contributed by atoms with van der Waals surface area (Å²) < 4.78 is 20.5. The average molecular weight is 356 g/mol. The molecule has 0 aliphatic rings. The number of anilines is 1. The first-order chi connectivity index (χ1) is 12.5. The minimum absolute atomic E-state index is 0.0642. The third-order valence-corrected chi connectivity index (χ3v) is 3.71. The lowest BCUT2D eigenvalue weighted by Crippen LogP contribution is -2.27. The second-order valence-corrected chi connectivity index (χ2v) is 5.77. The van der Waals surface area contributed by atoms with E-state index in [4.69, 9.17) is 4.42 Å². The van der Waals surface area contributed by atoms with Gasteiger partial charge in [0.15, 0.2) is 0 Å². The normalized spacial score (nSPS) is 10.7. The first-order valence-corrected chi connectivity index (χ1v) is 8.05. The van der Waals surface area contributed by atoms with Gasteiger partial charge in [-0.25, -0.2) is 4.39 Å². The Kier molecular flexibility index (Phi) is 4.92. The molecule has 0 aliphatic carbocycles. The van der Waals surface area contributed by atoms with Crippen molar-refractivity contribution in [3.05, 3.63) is 64.2 Å². The lowest BCUT2D eigenvalue weighted by Gasteiger charge is -2.09. The van der Waals surface area contributed by atoms with Crippen LogP contribution >= 0.6 is 0 Å². The van der Waals surface area contributed by atoms with Crippen LogP contribution in [0.15, 0.2) is 45.7 Å². The quantitative estimate of drug-likeness (QED) is 0.759. The summed E-state index contributed by atoms with van der Waals surface area (Å²) in [6.45, 7) is 3.36. The monoisotopic (exact) mass is 356 g/mol. The first kappa shape index (κ1) is 17.5. The molecule has 8 heteroatoms. The highest BCUT2D eigenvalue weighted by Gasteiger charge is 2.12. The number of rotatable bonds is 5. The van der Waals surface area contributed by atoms with Gasteiger partial charge >= 0.3 is 0 Å². The van der Waals surface area contributed by atoms with E-state index in [0.29, 0.717) is 17.9 Å². The number of carbonyl (C=O) groups excluding carboxylic acids is 1. The van der Waals surface area contributed by atoms with Crippen LogP contribution in [0, 0.1) is 12.7 Å². The molecule has 134 valence electrons. The average Bonchev–Trinajstić information content (AvgIpc) is 3.08. The molecular weight excluding hydrogens is 339 g/mol. The molecule has 26 heavy (non-hydrogen) atoms. The largest absolute Gasteiger partial charge is 0.421 e. The van der Waals surface area contributed by atoms with E-state index in [-0.39, 0.29) is 23.7 Å². The Labute approximate surface area is 148 Å². The van der Waals surface area contributed by atoms with E-state index in [9.17, 15) is 14.0 Å².